The van der Waals surface area contributed by atoms with Gasteiger partial charge < -0.3 is 76.5 Å². The molecule has 316 valence electrons. The van der Waals surface area contributed by atoms with Crippen LogP contribution in [0, 0.1) is 0 Å². The Morgan fingerprint density at radius 3 is 1.39 bits per heavy atom. The predicted molar refractivity (Wildman–Crippen MR) is 207 cm³/mol. The van der Waals surface area contributed by atoms with E-state index < -0.39 is 95.3 Å². The van der Waals surface area contributed by atoms with E-state index in [0.29, 0.717) is 5.56 Å². The molecule has 0 aromatic heterocycles. The van der Waals surface area contributed by atoms with Gasteiger partial charge in [-0.3, -0.25) is 28.8 Å². The quantitative estimate of drug-likeness (QED) is 0.0416. The number of aliphatic hydroxyl groups is 1. The van der Waals surface area contributed by atoms with Crippen molar-refractivity contribution in [2.75, 3.05) is 26.2 Å². The molecule has 21 heteroatoms. The Hall–Kier alpha value is -4.77. The zero-order chi connectivity index (χ0) is 42.6. The van der Waals surface area contributed by atoms with E-state index in [2.05, 4.69) is 31.9 Å². The van der Waals surface area contributed by atoms with Gasteiger partial charge in [0.1, 0.15) is 30.2 Å². The highest BCUT2D eigenvalue weighted by molar-refractivity contribution is 5.97. The van der Waals surface area contributed by atoms with Crippen LogP contribution in [0.5, 0.6) is 0 Å². The maximum absolute atomic E-state index is 14.0. The van der Waals surface area contributed by atoms with Gasteiger partial charge in [-0.2, -0.15) is 0 Å². The van der Waals surface area contributed by atoms with E-state index >= 15 is 0 Å². The van der Waals surface area contributed by atoms with Crippen LogP contribution in [-0.2, 0) is 40.0 Å². The number of aliphatic carboxylic acids is 1. The third-order valence-electron chi connectivity index (χ3n) is 8.40. The van der Waals surface area contributed by atoms with E-state index in [-0.39, 0.29) is 64.7 Å². The number of hydrogen-bond acceptors (Lipinski definition) is 14. The number of hydrogen-bond donors (Lipinski definition) is 14. The maximum atomic E-state index is 14.0. The molecular formula is C35H62N12O9. The Balaban J connectivity index is 3.38. The molecule has 20 N–H and O–H groups in total. The number of carboxylic acid groups (broad SMARTS) is 1. The van der Waals surface area contributed by atoms with Crippen molar-refractivity contribution >= 4 is 41.4 Å². The van der Waals surface area contributed by atoms with Gasteiger partial charge in [-0.1, -0.05) is 30.3 Å². The van der Waals surface area contributed by atoms with Gasteiger partial charge in [0.15, 0.2) is 6.04 Å². The number of rotatable bonds is 26. The summed E-state index contributed by atoms with van der Waals surface area (Å²) < 4.78 is 0. The molecule has 0 saturated heterocycles. The van der Waals surface area contributed by atoms with Crippen molar-refractivity contribution in [3.05, 3.63) is 35.9 Å². The Morgan fingerprint density at radius 2 is 0.982 bits per heavy atom. The van der Waals surface area contributed by atoms with Gasteiger partial charge in [-0.15, -0.1) is 0 Å². The van der Waals surface area contributed by atoms with Crippen LogP contribution >= 0.6 is 0 Å². The summed E-state index contributed by atoms with van der Waals surface area (Å²) in [6, 6.07) is -0.491. The Morgan fingerprint density at radius 1 is 0.607 bits per heavy atom. The van der Waals surface area contributed by atoms with Crippen molar-refractivity contribution in [2.45, 2.75) is 113 Å². The summed E-state index contributed by atoms with van der Waals surface area (Å²) in [6.07, 6.45) is -1.72. The van der Waals surface area contributed by atoms with Crippen LogP contribution in [0.15, 0.2) is 30.3 Å². The Labute approximate surface area is 326 Å². The number of benzene rings is 1. The number of amides is 6. The van der Waals surface area contributed by atoms with Crippen LogP contribution in [0.25, 0.3) is 0 Å². The molecule has 0 aliphatic rings. The highest BCUT2D eigenvalue weighted by Gasteiger charge is 2.35. The first-order valence-electron chi connectivity index (χ1n) is 18.4. The maximum Gasteiger partial charge on any atom is 0.328 e. The first kappa shape index (κ1) is 49.2. The molecular weight excluding hydrogens is 732 g/mol. The molecule has 1 aromatic rings. The highest BCUT2D eigenvalue weighted by atomic mass is 16.4. The van der Waals surface area contributed by atoms with E-state index in [0.717, 1.165) is 6.92 Å². The van der Waals surface area contributed by atoms with Crippen LogP contribution in [0.4, 0.5) is 0 Å². The van der Waals surface area contributed by atoms with Crippen molar-refractivity contribution in [2.24, 2.45) is 34.4 Å². The zero-order valence-electron chi connectivity index (χ0n) is 32.3. The van der Waals surface area contributed by atoms with Crippen LogP contribution in [-0.4, -0.2) is 132 Å². The molecule has 21 nitrogen and oxygen atoms in total. The minimum atomic E-state index is -1.68. The van der Waals surface area contributed by atoms with Crippen molar-refractivity contribution in [3.8, 4) is 0 Å². The molecule has 0 saturated carbocycles. The number of carbonyl (C=O) groups excluding carboxylic acids is 6. The minimum absolute atomic E-state index is 0.00771. The lowest BCUT2D eigenvalue weighted by molar-refractivity contribution is -0.145. The predicted octanol–water partition coefficient (Wildman–Crippen LogP) is -5.55. The van der Waals surface area contributed by atoms with E-state index in [9.17, 15) is 43.8 Å². The fourth-order valence-electron chi connectivity index (χ4n) is 5.42. The summed E-state index contributed by atoms with van der Waals surface area (Å²) in [7, 11) is 0. The van der Waals surface area contributed by atoms with Gasteiger partial charge in [-0.25, -0.2) is 4.79 Å². The van der Waals surface area contributed by atoms with Crippen molar-refractivity contribution in [3.63, 3.8) is 0 Å². The average molecular weight is 795 g/mol. The summed E-state index contributed by atoms with van der Waals surface area (Å²) >= 11 is 0. The smallest absolute Gasteiger partial charge is 0.328 e. The molecule has 6 amide bonds. The van der Waals surface area contributed by atoms with Gasteiger partial charge in [0.25, 0.3) is 0 Å². The number of nitrogens with two attached hydrogens (primary N) is 6. The molecule has 0 spiro atoms. The molecule has 0 unspecified atom stereocenters. The third kappa shape index (κ3) is 17.8. The molecule has 0 aliphatic carbocycles. The van der Waals surface area contributed by atoms with Crippen molar-refractivity contribution in [1.82, 2.24) is 31.9 Å². The standard InChI is InChI=1S/C35H62N12O9/c1-19(48)27(34(55)56)47-31(52)24(12-16-39)43-29(50)23(11-15-38)44-33(54)26(18-35(2,3)41)46-32(53)25(17-20-7-5-4-6-8-20)45-30(51)22(10-14-37)42-28(49)21(40)9-13-36/h4-8,19,21-27,48H,9-18,36-41H2,1-3H3,(H,42,49)(H,43,50)(H,44,54)(H,45,51)(H,46,53)(H,47,52)(H,55,56)/t19-,21+,22+,23+,24+,25-,26+,27+/m1/s1. The summed E-state index contributed by atoms with van der Waals surface area (Å²) in [6.45, 7) is 4.33. The van der Waals surface area contributed by atoms with Crippen LogP contribution in [0.3, 0.4) is 0 Å². The lowest BCUT2D eigenvalue weighted by atomic mass is 9.95. The SMILES string of the molecule is C[C@@H](O)[C@H](NC(=O)[C@H](CCN)NC(=O)[C@H](CCN)NC(=O)[C@H](CC(C)(C)N)NC(=O)[C@@H](Cc1ccccc1)NC(=O)[C@H](CCN)NC(=O)[C@@H](N)CCN)C(=O)O. The molecule has 1 rings (SSSR count). The van der Waals surface area contributed by atoms with E-state index in [1.54, 1.807) is 44.2 Å². The van der Waals surface area contributed by atoms with Gasteiger partial charge >= 0.3 is 5.97 Å². The van der Waals surface area contributed by atoms with Crippen LogP contribution in [0.1, 0.15) is 58.4 Å². The topological polar surface area (TPSA) is 388 Å². The number of carbonyl (C=O) groups is 7. The van der Waals surface area contributed by atoms with Crippen LogP contribution in [0.2, 0.25) is 0 Å². The zero-order valence-corrected chi connectivity index (χ0v) is 32.3. The average Bonchev–Trinajstić information content (AvgIpc) is 3.12. The first-order chi connectivity index (χ1) is 26.3. The highest BCUT2D eigenvalue weighted by Crippen LogP contribution is 2.12. The lowest BCUT2D eigenvalue weighted by Crippen LogP contribution is -2.61. The van der Waals surface area contributed by atoms with E-state index in [1.165, 1.54) is 0 Å². The Kier molecular flexibility index (Phi) is 21.7. The van der Waals surface area contributed by atoms with Crippen molar-refractivity contribution < 1.29 is 43.8 Å². The second-order valence-electron chi connectivity index (χ2n) is 14.2. The van der Waals surface area contributed by atoms with Crippen molar-refractivity contribution in [1.29, 1.82) is 0 Å². The fourth-order valence-corrected chi connectivity index (χ4v) is 5.42. The molecule has 0 bridgehead atoms. The number of nitrogens with one attached hydrogen (secondary N) is 6. The Bertz CT molecular complexity index is 1440. The normalized spacial score (nSPS) is 15.7. The second kappa shape index (κ2) is 24.7. The summed E-state index contributed by atoms with van der Waals surface area (Å²) in [5.41, 5.74) is 34.4. The largest absolute Gasteiger partial charge is 0.480 e. The lowest BCUT2D eigenvalue weighted by Gasteiger charge is -2.30. The van der Waals surface area contributed by atoms with Gasteiger partial charge in [0, 0.05) is 12.0 Å². The molecule has 56 heavy (non-hydrogen) atoms. The minimum Gasteiger partial charge on any atom is -0.480 e. The molecule has 0 fully saturated rings. The molecule has 0 heterocycles. The number of aliphatic hydroxyl groups excluding tert-OH is 1. The molecule has 0 radical (unpaired) electrons. The first-order valence-corrected chi connectivity index (χ1v) is 18.4. The monoisotopic (exact) mass is 794 g/mol. The second-order valence-corrected chi connectivity index (χ2v) is 14.2. The summed E-state index contributed by atoms with van der Waals surface area (Å²) in [5, 5.41) is 34.1. The van der Waals surface area contributed by atoms with E-state index in [4.69, 9.17) is 34.4 Å². The van der Waals surface area contributed by atoms with Gasteiger partial charge in [0.2, 0.25) is 35.4 Å². The van der Waals surface area contributed by atoms with Gasteiger partial charge in [0.05, 0.1) is 12.1 Å². The third-order valence-corrected chi connectivity index (χ3v) is 8.40. The molecule has 8 atom stereocenters. The molecule has 1 aromatic carbocycles. The summed E-state index contributed by atoms with van der Waals surface area (Å²) in [4.78, 5) is 92.0. The molecule has 0 aliphatic heterocycles. The number of carboxylic acids is 1. The summed E-state index contributed by atoms with van der Waals surface area (Å²) in [5.74, 6) is -6.34. The van der Waals surface area contributed by atoms with E-state index in [1.807, 2.05) is 0 Å². The van der Waals surface area contributed by atoms with Gasteiger partial charge in [-0.05, 0) is 84.6 Å². The fraction of sp³-hybridized carbons (Fsp3) is 0.629. The van der Waals surface area contributed by atoms with Crippen LogP contribution < -0.4 is 66.3 Å².